The molecule has 0 heterocycles. The van der Waals surface area contributed by atoms with Crippen molar-refractivity contribution in [3.63, 3.8) is 0 Å². The topological polar surface area (TPSA) is 20.2 Å². The lowest BCUT2D eigenvalue weighted by Crippen LogP contribution is -2.09. The standard InChI is InChI=1S/C18H19BrO/c19-17-10-4-13(5-11-17)12-18(20)16-8-6-15(7-9-16)14-2-1-3-14/h4-11,14,18,20H,1-3,12H2. The van der Waals surface area contributed by atoms with Crippen molar-refractivity contribution in [3.8, 4) is 0 Å². The van der Waals surface area contributed by atoms with E-state index < -0.39 is 6.10 Å². The van der Waals surface area contributed by atoms with Crippen LogP contribution in [0.5, 0.6) is 0 Å². The summed E-state index contributed by atoms with van der Waals surface area (Å²) in [7, 11) is 0. The second-order valence-electron chi connectivity index (χ2n) is 5.64. The fraction of sp³-hybridized carbons (Fsp3) is 0.333. The molecule has 2 heteroatoms. The Morgan fingerprint density at radius 2 is 1.65 bits per heavy atom. The van der Waals surface area contributed by atoms with E-state index in [-0.39, 0.29) is 0 Å². The van der Waals surface area contributed by atoms with E-state index in [2.05, 4.69) is 52.3 Å². The van der Waals surface area contributed by atoms with E-state index in [1.54, 1.807) is 0 Å². The monoisotopic (exact) mass is 330 g/mol. The van der Waals surface area contributed by atoms with Crippen LogP contribution in [0, 0.1) is 0 Å². The molecular weight excluding hydrogens is 312 g/mol. The fourth-order valence-electron chi connectivity index (χ4n) is 2.69. The summed E-state index contributed by atoms with van der Waals surface area (Å²) in [4.78, 5) is 0. The van der Waals surface area contributed by atoms with Gasteiger partial charge in [-0.25, -0.2) is 0 Å². The van der Waals surface area contributed by atoms with Gasteiger partial charge in [-0.1, -0.05) is 58.7 Å². The molecule has 0 amide bonds. The lowest BCUT2D eigenvalue weighted by molar-refractivity contribution is 0.178. The third-order valence-electron chi connectivity index (χ3n) is 4.24. The molecule has 1 aliphatic carbocycles. The zero-order chi connectivity index (χ0) is 13.9. The first-order valence-corrected chi connectivity index (χ1v) is 8.04. The number of hydrogen-bond donors (Lipinski definition) is 1. The predicted octanol–water partition coefficient (Wildman–Crippen LogP) is 4.99. The zero-order valence-electron chi connectivity index (χ0n) is 11.4. The van der Waals surface area contributed by atoms with Gasteiger partial charge in [0.05, 0.1) is 6.10 Å². The van der Waals surface area contributed by atoms with Crippen LogP contribution in [0.3, 0.4) is 0 Å². The van der Waals surface area contributed by atoms with Gasteiger partial charge in [0.25, 0.3) is 0 Å². The van der Waals surface area contributed by atoms with Gasteiger partial charge in [0.15, 0.2) is 0 Å². The summed E-state index contributed by atoms with van der Waals surface area (Å²) in [5.74, 6) is 0.757. The molecule has 1 N–H and O–H groups in total. The summed E-state index contributed by atoms with van der Waals surface area (Å²) >= 11 is 3.43. The van der Waals surface area contributed by atoms with Gasteiger partial charge >= 0.3 is 0 Å². The average Bonchev–Trinajstić information content (AvgIpc) is 2.40. The molecule has 0 bridgehead atoms. The molecule has 2 aromatic rings. The fourth-order valence-corrected chi connectivity index (χ4v) is 2.96. The van der Waals surface area contributed by atoms with Crippen molar-refractivity contribution in [2.24, 2.45) is 0 Å². The SMILES string of the molecule is OC(Cc1ccc(Br)cc1)c1ccc(C2CCC2)cc1. The summed E-state index contributed by atoms with van der Waals surface area (Å²) in [5, 5.41) is 10.3. The first-order chi connectivity index (χ1) is 9.72. The van der Waals surface area contributed by atoms with Crippen LogP contribution in [0.4, 0.5) is 0 Å². The van der Waals surface area contributed by atoms with Gasteiger partial charge in [-0.2, -0.15) is 0 Å². The third-order valence-corrected chi connectivity index (χ3v) is 4.77. The number of aliphatic hydroxyl groups excluding tert-OH is 1. The van der Waals surface area contributed by atoms with Crippen LogP contribution in [-0.4, -0.2) is 5.11 Å². The Morgan fingerprint density at radius 1 is 1.00 bits per heavy atom. The van der Waals surface area contributed by atoms with E-state index in [4.69, 9.17) is 0 Å². The molecule has 0 aliphatic heterocycles. The molecule has 2 aromatic carbocycles. The molecule has 3 rings (SSSR count). The molecule has 1 unspecified atom stereocenters. The highest BCUT2D eigenvalue weighted by Gasteiger charge is 2.19. The lowest BCUT2D eigenvalue weighted by atomic mass is 9.80. The lowest BCUT2D eigenvalue weighted by Gasteiger charge is -2.26. The van der Waals surface area contributed by atoms with Crippen molar-refractivity contribution in [3.05, 3.63) is 69.7 Å². The summed E-state index contributed by atoms with van der Waals surface area (Å²) in [5.41, 5.74) is 3.59. The van der Waals surface area contributed by atoms with Crippen LogP contribution in [0.15, 0.2) is 53.0 Å². The second kappa shape index (κ2) is 6.11. The molecule has 1 fully saturated rings. The van der Waals surface area contributed by atoms with Crippen LogP contribution < -0.4 is 0 Å². The predicted molar refractivity (Wildman–Crippen MR) is 85.8 cm³/mol. The maximum Gasteiger partial charge on any atom is 0.0830 e. The smallest absolute Gasteiger partial charge is 0.0830 e. The minimum atomic E-state index is -0.424. The van der Waals surface area contributed by atoms with E-state index in [1.807, 2.05) is 12.1 Å². The number of hydrogen-bond acceptors (Lipinski definition) is 1. The zero-order valence-corrected chi connectivity index (χ0v) is 13.0. The molecular formula is C18H19BrO. The third kappa shape index (κ3) is 3.13. The molecule has 0 spiro atoms. The molecule has 1 nitrogen and oxygen atoms in total. The van der Waals surface area contributed by atoms with Crippen molar-refractivity contribution in [1.82, 2.24) is 0 Å². The number of halogens is 1. The van der Waals surface area contributed by atoms with Gasteiger partial charge in [-0.3, -0.25) is 0 Å². The Bertz CT molecular complexity index is 555. The second-order valence-corrected chi connectivity index (χ2v) is 6.56. The molecule has 0 aromatic heterocycles. The molecule has 104 valence electrons. The largest absolute Gasteiger partial charge is 0.388 e. The highest BCUT2D eigenvalue weighted by Crippen LogP contribution is 2.36. The van der Waals surface area contributed by atoms with Gasteiger partial charge in [0.2, 0.25) is 0 Å². The van der Waals surface area contributed by atoms with Crippen LogP contribution in [0.25, 0.3) is 0 Å². The summed E-state index contributed by atoms with van der Waals surface area (Å²) in [6, 6.07) is 16.7. The maximum atomic E-state index is 10.3. The molecule has 1 aliphatic rings. The van der Waals surface area contributed by atoms with E-state index >= 15 is 0 Å². The summed E-state index contributed by atoms with van der Waals surface area (Å²) < 4.78 is 1.07. The molecule has 0 radical (unpaired) electrons. The molecule has 0 saturated heterocycles. The van der Waals surface area contributed by atoms with E-state index in [9.17, 15) is 5.11 Å². The van der Waals surface area contributed by atoms with Crippen LogP contribution >= 0.6 is 15.9 Å². The highest BCUT2D eigenvalue weighted by molar-refractivity contribution is 9.10. The number of benzene rings is 2. The summed E-state index contributed by atoms with van der Waals surface area (Å²) in [6.45, 7) is 0. The number of rotatable bonds is 4. The van der Waals surface area contributed by atoms with Crippen molar-refractivity contribution < 1.29 is 5.11 Å². The van der Waals surface area contributed by atoms with Gasteiger partial charge in [-0.05, 0) is 47.6 Å². The Balaban J connectivity index is 1.66. The Hall–Kier alpha value is -1.12. The van der Waals surface area contributed by atoms with Crippen molar-refractivity contribution in [1.29, 1.82) is 0 Å². The van der Waals surface area contributed by atoms with Crippen molar-refractivity contribution in [2.45, 2.75) is 37.7 Å². The van der Waals surface area contributed by atoms with Crippen molar-refractivity contribution in [2.75, 3.05) is 0 Å². The van der Waals surface area contributed by atoms with Gasteiger partial charge in [-0.15, -0.1) is 0 Å². The normalized spacial score (nSPS) is 16.7. The van der Waals surface area contributed by atoms with Gasteiger partial charge in [0, 0.05) is 10.9 Å². The molecule has 1 saturated carbocycles. The minimum absolute atomic E-state index is 0.424. The molecule has 1 atom stereocenters. The quantitative estimate of drug-likeness (QED) is 0.836. The molecule has 20 heavy (non-hydrogen) atoms. The van der Waals surface area contributed by atoms with E-state index in [1.165, 1.54) is 24.8 Å². The van der Waals surface area contributed by atoms with Gasteiger partial charge < -0.3 is 5.11 Å². The van der Waals surface area contributed by atoms with Crippen molar-refractivity contribution >= 4 is 15.9 Å². The van der Waals surface area contributed by atoms with Crippen LogP contribution in [0.2, 0.25) is 0 Å². The van der Waals surface area contributed by atoms with E-state index in [0.29, 0.717) is 6.42 Å². The first-order valence-electron chi connectivity index (χ1n) is 7.25. The Morgan fingerprint density at radius 3 is 2.20 bits per heavy atom. The van der Waals surface area contributed by atoms with E-state index in [0.717, 1.165) is 21.5 Å². The minimum Gasteiger partial charge on any atom is -0.388 e. The Kier molecular flexibility index (Phi) is 4.23. The number of aliphatic hydroxyl groups is 1. The van der Waals surface area contributed by atoms with Crippen LogP contribution in [-0.2, 0) is 6.42 Å². The Labute approximate surface area is 128 Å². The van der Waals surface area contributed by atoms with Gasteiger partial charge in [0.1, 0.15) is 0 Å². The highest BCUT2D eigenvalue weighted by atomic mass is 79.9. The summed E-state index contributed by atoms with van der Waals surface area (Å²) in [6.07, 6.45) is 4.24. The van der Waals surface area contributed by atoms with Crippen LogP contribution in [0.1, 0.15) is 48.0 Å². The average molecular weight is 331 g/mol. The maximum absolute atomic E-state index is 10.3. The first kappa shape index (κ1) is 13.8.